The van der Waals surface area contributed by atoms with Crippen molar-refractivity contribution in [2.45, 2.75) is 71.3 Å². The molecule has 2 aliphatic heterocycles. The lowest BCUT2D eigenvalue weighted by molar-refractivity contribution is -0.153. The molecule has 4 rings (SSSR count). The van der Waals surface area contributed by atoms with Crippen LogP contribution < -0.4 is 0 Å². The van der Waals surface area contributed by atoms with Gasteiger partial charge < -0.3 is 9.80 Å². The molecule has 0 aromatic carbocycles. The van der Waals surface area contributed by atoms with E-state index in [4.69, 9.17) is 0 Å². The summed E-state index contributed by atoms with van der Waals surface area (Å²) in [6.07, 6.45) is 10.9. The molecule has 2 saturated heterocycles. The van der Waals surface area contributed by atoms with E-state index in [0.29, 0.717) is 57.8 Å². The third-order valence-corrected chi connectivity index (χ3v) is 7.72. The van der Waals surface area contributed by atoms with Crippen molar-refractivity contribution in [2.24, 2.45) is 23.7 Å². The van der Waals surface area contributed by atoms with E-state index in [1.807, 2.05) is 30.9 Å². The van der Waals surface area contributed by atoms with Gasteiger partial charge in [0.15, 0.2) is 0 Å². The Hall–Kier alpha value is -2.18. The molecule has 4 aliphatic rings. The summed E-state index contributed by atoms with van der Waals surface area (Å²) < 4.78 is 0. The van der Waals surface area contributed by atoms with Gasteiger partial charge in [0, 0.05) is 32.6 Å². The van der Waals surface area contributed by atoms with Crippen LogP contribution in [-0.2, 0) is 19.2 Å². The minimum Gasteiger partial charge on any atom is -0.339 e. The van der Waals surface area contributed by atoms with Gasteiger partial charge in [0.25, 0.3) is 0 Å². The highest BCUT2D eigenvalue weighted by atomic mass is 16.2. The van der Waals surface area contributed by atoms with Gasteiger partial charge in [-0.05, 0) is 43.9 Å². The summed E-state index contributed by atoms with van der Waals surface area (Å²) in [6, 6.07) is -0.735. The van der Waals surface area contributed by atoms with Gasteiger partial charge in [-0.3, -0.25) is 24.1 Å². The number of piperazine rings is 1. The third kappa shape index (κ3) is 4.62. The number of amides is 4. The number of hydrogen-bond acceptors (Lipinski definition) is 4. The van der Waals surface area contributed by atoms with Gasteiger partial charge in [-0.1, -0.05) is 38.8 Å². The molecule has 0 N–H and O–H groups in total. The average molecular weight is 444 g/mol. The first-order chi connectivity index (χ1) is 15.4. The highest BCUT2D eigenvalue weighted by molar-refractivity contribution is 6.08. The highest BCUT2D eigenvalue weighted by Gasteiger charge is 2.51. The Labute approximate surface area is 191 Å². The molecule has 1 saturated carbocycles. The van der Waals surface area contributed by atoms with Crippen LogP contribution in [0, 0.1) is 23.7 Å². The molecule has 3 unspecified atom stereocenters. The van der Waals surface area contributed by atoms with E-state index in [1.165, 1.54) is 17.7 Å². The zero-order chi connectivity index (χ0) is 22.8. The van der Waals surface area contributed by atoms with Crippen LogP contribution in [0.25, 0.3) is 0 Å². The summed E-state index contributed by atoms with van der Waals surface area (Å²) >= 11 is 0. The monoisotopic (exact) mass is 443 g/mol. The van der Waals surface area contributed by atoms with E-state index in [2.05, 4.69) is 0 Å². The van der Waals surface area contributed by atoms with Crippen LogP contribution in [0.1, 0.15) is 65.2 Å². The first-order valence-electron chi connectivity index (χ1n) is 12.4. The molecule has 3 atom stereocenters. The molecule has 2 aliphatic carbocycles. The van der Waals surface area contributed by atoms with Gasteiger partial charge in [-0.25, -0.2) is 0 Å². The van der Waals surface area contributed by atoms with Gasteiger partial charge in [0.2, 0.25) is 23.6 Å². The van der Waals surface area contributed by atoms with Crippen molar-refractivity contribution in [3.8, 4) is 0 Å². The summed E-state index contributed by atoms with van der Waals surface area (Å²) in [7, 11) is 0. The number of carbonyl (C=O) groups is 4. The van der Waals surface area contributed by atoms with E-state index in [1.54, 1.807) is 4.90 Å². The molecule has 0 radical (unpaired) electrons. The van der Waals surface area contributed by atoms with Crippen LogP contribution in [0.3, 0.4) is 0 Å². The maximum atomic E-state index is 13.5. The summed E-state index contributed by atoms with van der Waals surface area (Å²) in [5.41, 5.74) is 0. The van der Waals surface area contributed by atoms with Crippen molar-refractivity contribution in [2.75, 3.05) is 26.2 Å². The summed E-state index contributed by atoms with van der Waals surface area (Å²) in [5.74, 6) is -0.260. The van der Waals surface area contributed by atoms with Crippen LogP contribution >= 0.6 is 0 Å². The van der Waals surface area contributed by atoms with Crippen molar-refractivity contribution in [1.82, 2.24) is 14.7 Å². The first-order valence-corrected chi connectivity index (χ1v) is 12.4. The van der Waals surface area contributed by atoms with Gasteiger partial charge in [0.1, 0.15) is 6.04 Å². The third-order valence-electron chi connectivity index (χ3n) is 7.72. The van der Waals surface area contributed by atoms with Crippen LogP contribution in [0.15, 0.2) is 12.2 Å². The standard InChI is InChI=1S/C25H37N3O4/c1-17(2)15-21(28-23(30)19-9-5-6-10-20(19)24(28)31)25(32)27-13-11-26(12-14-27)22(29)16-18-7-3-4-8-18/h5-6,17-21H,3-4,7-16H2,1-2H3. The zero-order valence-corrected chi connectivity index (χ0v) is 19.5. The fourth-order valence-electron chi connectivity index (χ4n) is 5.87. The van der Waals surface area contributed by atoms with Crippen LogP contribution in [-0.4, -0.2) is 70.5 Å². The number of hydrogen-bond donors (Lipinski definition) is 0. The largest absolute Gasteiger partial charge is 0.339 e. The van der Waals surface area contributed by atoms with E-state index in [-0.39, 0.29) is 41.4 Å². The second-order valence-corrected chi connectivity index (χ2v) is 10.4. The molecule has 2 heterocycles. The van der Waals surface area contributed by atoms with E-state index in [0.717, 1.165) is 12.8 Å². The van der Waals surface area contributed by atoms with Gasteiger partial charge in [-0.15, -0.1) is 0 Å². The normalized spacial score (nSPS) is 27.4. The van der Waals surface area contributed by atoms with Gasteiger partial charge in [0.05, 0.1) is 11.8 Å². The molecule has 0 aromatic rings. The fourth-order valence-corrected chi connectivity index (χ4v) is 5.87. The van der Waals surface area contributed by atoms with Crippen molar-refractivity contribution in [1.29, 1.82) is 0 Å². The van der Waals surface area contributed by atoms with Gasteiger partial charge >= 0.3 is 0 Å². The Morgan fingerprint density at radius 2 is 1.44 bits per heavy atom. The second kappa shape index (κ2) is 9.75. The SMILES string of the molecule is CC(C)CC(C(=O)N1CCN(C(=O)CC2CCCC2)CC1)N1C(=O)C2CC=CCC2C1=O. The number of rotatable bonds is 6. The molecule has 32 heavy (non-hydrogen) atoms. The Balaban J connectivity index is 1.40. The van der Waals surface area contributed by atoms with Crippen LogP contribution in [0.4, 0.5) is 0 Å². The summed E-state index contributed by atoms with van der Waals surface area (Å²) in [4.78, 5) is 57.4. The van der Waals surface area contributed by atoms with E-state index < -0.39 is 6.04 Å². The number of fused-ring (bicyclic) bond motifs is 1. The molecule has 0 spiro atoms. The van der Waals surface area contributed by atoms with Crippen molar-refractivity contribution >= 4 is 23.6 Å². The van der Waals surface area contributed by atoms with Crippen molar-refractivity contribution in [3.63, 3.8) is 0 Å². The molecule has 0 aromatic heterocycles. The molecule has 4 amide bonds. The minimum absolute atomic E-state index is 0.144. The molecule has 0 bridgehead atoms. The Morgan fingerprint density at radius 1 is 0.906 bits per heavy atom. The molecular formula is C25H37N3O4. The van der Waals surface area contributed by atoms with Crippen LogP contribution in [0.5, 0.6) is 0 Å². The number of carbonyl (C=O) groups excluding carboxylic acids is 4. The number of allylic oxidation sites excluding steroid dienone is 2. The lowest BCUT2D eigenvalue weighted by Crippen LogP contribution is -2.57. The maximum absolute atomic E-state index is 13.5. The van der Waals surface area contributed by atoms with Crippen LogP contribution in [0.2, 0.25) is 0 Å². The topological polar surface area (TPSA) is 78.0 Å². The molecule has 7 heteroatoms. The van der Waals surface area contributed by atoms with E-state index in [9.17, 15) is 19.2 Å². The highest BCUT2D eigenvalue weighted by Crippen LogP contribution is 2.37. The molecule has 176 valence electrons. The zero-order valence-electron chi connectivity index (χ0n) is 19.5. The lowest BCUT2D eigenvalue weighted by Gasteiger charge is -2.38. The van der Waals surface area contributed by atoms with Crippen molar-refractivity contribution in [3.05, 3.63) is 12.2 Å². The quantitative estimate of drug-likeness (QED) is 0.467. The predicted molar refractivity (Wildman–Crippen MR) is 120 cm³/mol. The minimum atomic E-state index is -0.735. The lowest BCUT2D eigenvalue weighted by atomic mass is 9.85. The number of likely N-dealkylation sites (tertiary alicyclic amines) is 1. The molecule has 3 fully saturated rings. The first kappa shape index (κ1) is 23.0. The van der Waals surface area contributed by atoms with Crippen molar-refractivity contribution < 1.29 is 19.2 Å². The second-order valence-electron chi connectivity index (χ2n) is 10.4. The summed E-state index contributed by atoms with van der Waals surface area (Å²) in [5, 5.41) is 0. The molecule has 7 nitrogen and oxygen atoms in total. The molecular weight excluding hydrogens is 406 g/mol. The van der Waals surface area contributed by atoms with E-state index >= 15 is 0 Å². The Bertz CT molecular complexity index is 752. The number of nitrogens with zero attached hydrogens (tertiary/aromatic N) is 3. The average Bonchev–Trinajstić information content (AvgIpc) is 3.38. The maximum Gasteiger partial charge on any atom is 0.246 e. The Kier molecular flexibility index (Phi) is 7.01. The summed E-state index contributed by atoms with van der Waals surface area (Å²) in [6.45, 7) is 6.02. The number of imide groups is 1. The fraction of sp³-hybridized carbons (Fsp3) is 0.760. The Morgan fingerprint density at radius 3 is 1.97 bits per heavy atom. The van der Waals surface area contributed by atoms with Gasteiger partial charge in [-0.2, -0.15) is 0 Å². The predicted octanol–water partition coefficient (Wildman–Crippen LogP) is 2.60. The smallest absolute Gasteiger partial charge is 0.246 e.